The molecule has 0 heterocycles. The summed E-state index contributed by atoms with van der Waals surface area (Å²) in [5.41, 5.74) is 1.02. The van der Waals surface area contributed by atoms with Crippen molar-refractivity contribution in [3.05, 3.63) is 11.6 Å². The van der Waals surface area contributed by atoms with Gasteiger partial charge in [0.15, 0.2) is 0 Å². The largest absolute Gasteiger partial charge is 0.353 e. The Kier molecular flexibility index (Phi) is 3.65. The highest BCUT2D eigenvalue weighted by atomic mass is 19.3. The second kappa shape index (κ2) is 4.39. The maximum Gasteiger partial charge on any atom is 0.353 e. The number of alkyl halides is 2. The molecule has 0 aromatic carbocycles. The summed E-state index contributed by atoms with van der Waals surface area (Å²) in [4.78, 5) is 0. The maximum absolute atomic E-state index is 12.6. The molecule has 0 N–H and O–H groups in total. The van der Waals surface area contributed by atoms with E-state index in [-0.39, 0.29) is 0 Å². The molecule has 0 aromatic heterocycles. The molecule has 0 saturated heterocycles. The topological polar surface area (TPSA) is 9.23 Å². The lowest BCUT2D eigenvalue weighted by atomic mass is 9.89. The standard InChI is InChI=1S/C11H18F2O/c1-8-5-4-6-10(7-8)9(2)14-11(3,12)13/h7-9H,4-6H2,1-3H3/t8-,9+/m0/s1. The normalized spacial score (nSPS) is 25.8. The van der Waals surface area contributed by atoms with Crippen LogP contribution in [0.3, 0.4) is 0 Å². The van der Waals surface area contributed by atoms with Gasteiger partial charge in [-0.05, 0) is 37.7 Å². The Balaban J connectivity index is 2.56. The molecule has 3 heteroatoms. The highest BCUT2D eigenvalue weighted by molar-refractivity contribution is 5.11. The Morgan fingerprint density at radius 3 is 2.71 bits per heavy atom. The first kappa shape index (κ1) is 11.6. The molecule has 0 saturated carbocycles. The summed E-state index contributed by atoms with van der Waals surface area (Å²) >= 11 is 0. The monoisotopic (exact) mass is 204 g/mol. The zero-order valence-electron chi connectivity index (χ0n) is 9.02. The van der Waals surface area contributed by atoms with Crippen molar-refractivity contribution >= 4 is 0 Å². The molecule has 14 heavy (non-hydrogen) atoms. The number of halogens is 2. The average Bonchev–Trinajstić information content (AvgIpc) is 2.01. The van der Waals surface area contributed by atoms with Crippen LogP contribution in [0.5, 0.6) is 0 Å². The molecule has 1 rings (SSSR count). The molecular formula is C11H18F2O. The van der Waals surface area contributed by atoms with E-state index in [2.05, 4.69) is 17.7 Å². The summed E-state index contributed by atoms with van der Waals surface area (Å²) in [7, 11) is 0. The lowest BCUT2D eigenvalue weighted by Gasteiger charge is -2.25. The predicted molar refractivity (Wildman–Crippen MR) is 52.3 cm³/mol. The Morgan fingerprint density at radius 2 is 2.21 bits per heavy atom. The third kappa shape index (κ3) is 3.74. The van der Waals surface area contributed by atoms with Gasteiger partial charge in [0.25, 0.3) is 0 Å². The SMILES string of the molecule is C[C@@H]1C=C([C@@H](C)OC(C)(F)F)CCC1. The molecule has 1 aliphatic rings. The van der Waals surface area contributed by atoms with E-state index in [1.54, 1.807) is 6.92 Å². The van der Waals surface area contributed by atoms with Gasteiger partial charge >= 0.3 is 6.11 Å². The Morgan fingerprint density at radius 1 is 1.57 bits per heavy atom. The minimum absolute atomic E-state index is 0.460. The highest BCUT2D eigenvalue weighted by Gasteiger charge is 2.27. The number of allylic oxidation sites excluding steroid dienone is 1. The molecule has 0 aromatic rings. The van der Waals surface area contributed by atoms with Crippen molar-refractivity contribution in [3.8, 4) is 0 Å². The Labute approximate surface area is 84.1 Å². The third-order valence-electron chi connectivity index (χ3n) is 2.53. The van der Waals surface area contributed by atoms with Gasteiger partial charge < -0.3 is 4.74 Å². The molecule has 0 bridgehead atoms. The molecule has 0 radical (unpaired) electrons. The minimum atomic E-state index is -3.03. The van der Waals surface area contributed by atoms with Crippen LogP contribution in [-0.4, -0.2) is 12.2 Å². The Bertz CT molecular complexity index is 218. The molecule has 0 spiro atoms. The van der Waals surface area contributed by atoms with Crippen molar-refractivity contribution in [3.63, 3.8) is 0 Å². The summed E-state index contributed by atoms with van der Waals surface area (Å²) in [6.45, 7) is 4.59. The fourth-order valence-electron chi connectivity index (χ4n) is 1.89. The van der Waals surface area contributed by atoms with Crippen molar-refractivity contribution in [2.24, 2.45) is 5.92 Å². The summed E-state index contributed by atoms with van der Waals surface area (Å²) in [5, 5.41) is 0. The van der Waals surface area contributed by atoms with Gasteiger partial charge in [-0.1, -0.05) is 13.0 Å². The minimum Gasteiger partial charge on any atom is -0.313 e. The zero-order valence-corrected chi connectivity index (χ0v) is 9.02. The number of hydrogen-bond donors (Lipinski definition) is 0. The first-order valence-electron chi connectivity index (χ1n) is 5.14. The van der Waals surface area contributed by atoms with E-state index in [1.165, 1.54) is 0 Å². The van der Waals surface area contributed by atoms with Crippen LogP contribution in [0.25, 0.3) is 0 Å². The molecule has 0 amide bonds. The molecule has 0 aliphatic heterocycles. The van der Waals surface area contributed by atoms with Crippen molar-refractivity contribution in [2.45, 2.75) is 52.2 Å². The van der Waals surface area contributed by atoms with E-state index in [0.29, 0.717) is 5.92 Å². The maximum atomic E-state index is 12.6. The van der Waals surface area contributed by atoms with Crippen molar-refractivity contribution in [1.29, 1.82) is 0 Å². The fraction of sp³-hybridized carbons (Fsp3) is 0.818. The Hall–Kier alpha value is -0.440. The second-order valence-corrected chi connectivity index (χ2v) is 4.18. The zero-order chi connectivity index (χ0) is 10.8. The van der Waals surface area contributed by atoms with E-state index in [1.807, 2.05) is 0 Å². The van der Waals surface area contributed by atoms with Crippen LogP contribution < -0.4 is 0 Å². The molecular weight excluding hydrogens is 186 g/mol. The van der Waals surface area contributed by atoms with Crippen molar-refractivity contribution < 1.29 is 13.5 Å². The van der Waals surface area contributed by atoms with E-state index >= 15 is 0 Å². The van der Waals surface area contributed by atoms with Gasteiger partial charge in [-0.25, -0.2) is 0 Å². The predicted octanol–water partition coefficient (Wildman–Crippen LogP) is 3.75. The summed E-state index contributed by atoms with van der Waals surface area (Å²) in [6.07, 6.45) is 1.70. The molecule has 2 atom stereocenters. The van der Waals surface area contributed by atoms with E-state index in [0.717, 1.165) is 31.8 Å². The van der Waals surface area contributed by atoms with Gasteiger partial charge in [0, 0.05) is 6.92 Å². The lowest BCUT2D eigenvalue weighted by molar-refractivity contribution is -0.239. The smallest absolute Gasteiger partial charge is 0.313 e. The van der Waals surface area contributed by atoms with Crippen LogP contribution in [0.1, 0.15) is 40.0 Å². The van der Waals surface area contributed by atoms with Gasteiger partial charge in [-0.15, -0.1) is 0 Å². The average molecular weight is 204 g/mol. The fourth-order valence-corrected chi connectivity index (χ4v) is 1.89. The third-order valence-corrected chi connectivity index (χ3v) is 2.53. The summed E-state index contributed by atoms with van der Waals surface area (Å²) in [6, 6.07) is 0. The van der Waals surface area contributed by atoms with E-state index in [4.69, 9.17) is 0 Å². The quantitative estimate of drug-likeness (QED) is 0.636. The first-order chi connectivity index (χ1) is 6.38. The van der Waals surface area contributed by atoms with Gasteiger partial charge in [-0.2, -0.15) is 8.78 Å². The number of hydrogen-bond acceptors (Lipinski definition) is 1. The van der Waals surface area contributed by atoms with E-state index in [9.17, 15) is 8.78 Å². The van der Waals surface area contributed by atoms with Gasteiger partial charge in [0.1, 0.15) is 0 Å². The van der Waals surface area contributed by atoms with Gasteiger partial charge in [0.05, 0.1) is 6.10 Å². The number of rotatable bonds is 3. The molecule has 82 valence electrons. The second-order valence-electron chi connectivity index (χ2n) is 4.18. The van der Waals surface area contributed by atoms with Gasteiger partial charge in [-0.3, -0.25) is 0 Å². The van der Waals surface area contributed by atoms with Crippen LogP contribution in [0.4, 0.5) is 8.78 Å². The van der Waals surface area contributed by atoms with Gasteiger partial charge in [0.2, 0.25) is 0 Å². The molecule has 1 aliphatic carbocycles. The highest BCUT2D eigenvalue weighted by Crippen LogP contribution is 2.28. The van der Waals surface area contributed by atoms with Crippen molar-refractivity contribution in [1.82, 2.24) is 0 Å². The molecule has 0 unspecified atom stereocenters. The van der Waals surface area contributed by atoms with Crippen LogP contribution in [0, 0.1) is 5.92 Å². The molecule has 0 fully saturated rings. The van der Waals surface area contributed by atoms with Crippen LogP contribution >= 0.6 is 0 Å². The van der Waals surface area contributed by atoms with E-state index < -0.39 is 12.2 Å². The first-order valence-corrected chi connectivity index (χ1v) is 5.14. The number of ether oxygens (including phenoxy) is 1. The lowest BCUT2D eigenvalue weighted by Crippen LogP contribution is -2.25. The van der Waals surface area contributed by atoms with Crippen LogP contribution in [-0.2, 0) is 4.74 Å². The van der Waals surface area contributed by atoms with Crippen molar-refractivity contribution in [2.75, 3.05) is 0 Å². The van der Waals surface area contributed by atoms with Crippen LogP contribution in [0.15, 0.2) is 11.6 Å². The van der Waals surface area contributed by atoms with Crippen LogP contribution in [0.2, 0.25) is 0 Å². The molecule has 1 nitrogen and oxygen atoms in total. The summed E-state index contributed by atoms with van der Waals surface area (Å²) in [5.74, 6) is 0.496. The summed E-state index contributed by atoms with van der Waals surface area (Å²) < 4.78 is 29.8.